The third-order valence-corrected chi connectivity index (χ3v) is 3.51. The van der Waals surface area contributed by atoms with Crippen molar-refractivity contribution in [1.29, 1.82) is 0 Å². The Morgan fingerprint density at radius 1 is 1.60 bits per heavy atom. The first-order valence-electron chi connectivity index (χ1n) is 5.88. The highest BCUT2D eigenvalue weighted by molar-refractivity contribution is 4.95. The summed E-state index contributed by atoms with van der Waals surface area (Å²) in [5.74, 6) is 0. The van der Waals surface area contributed by atoms with Crippen LogP contribution in [0.4, 0.5) is 0 Å². The lowest BCUT2D eigenvalue weighted by Crippen LogP contribution is -2.55. The number of ether oxygens (including phenoxy) is 2. The van der Waals surface area contributed by atoms with Crippen LogP contribution < -0.4 is 5.32 Å². The van der Waals surface area contributed by atoms with E-state index in [0.29, 0.717) is 12.7 Å². The maximum Gasteiger partial charge on any atom is 0.0677 e. The van der Waals surface area contributed by atoms with Crippen molar-refractivity contribution < 1.29 is 9.47 Å². The number of piperidine rings is 1. The summed E-state index contributed by atoms with van der Waals surface area (Å²) in [6.45, 7) is 8.16. The molecule has 2 fully saturated rings. The quantitative estimate of drug-likeness (QED) is 0.562. The molecule has 0 bridgehead atoms. The Bertz CT molecular complexity index is 206. The number of hydrogen-bond donors (Lipinski definition) is 1. The summed E-state index contributed by atoms with van der Waals surface area (Å²) < 4.78 is 11.5. The Morgan fingerprint density at radius 3 is 3.40 bits per heavy atom. The van der Waals surface area contributed by atoms with E-state index in [4.69, 9.17) is 9.47 Å². The maximum atomic E-state index is 5.87. The van der Waals surface area contributed by atoms with E-state index in [0.717, 1.165) is 39.1 Å². The molecule has 0 saturated carbocycles. The largest absolute Gasteiger partial charge is 0.377 e. The van der Waals surface area contributed by atoms with Crippen LogP contribution in [0.1, 0.15) is 19.3 Å². The number of rotatable bonds is 4. The van der Waals surface area contributed by atoms with Gasteiger partial charge in [-0.2, -0.15) is 0 Å². The Kier molecular flexibility index (Phi) is 3.78. The second kappa shape index (κ2) is 5.10. The standard InChI is InChI=1S/C12H21NO2/c1-2-7-14-10-12-5-3-8-15-11(12)4-6-13-9-12/h2,11,13H,1,3-10H2/t11-,12-/m0/s1. The van der Waals surface area contributed by atoms with Crippen molar-refractivity contribution in [3.63, 3.8) is 0 Å². The zero-order valence-electron chi connectivity index (χ0n) is 9.34. The molecule has 86 valence electrons. The molecule has 2 rings (SSSR count). The molecule has 3 heteroatoms. The fourth-order valence-electron chi connectivity index (χ4n) is 2.71. The number of hydrogen-bond acceptors (Lipinski definition) is 3. The summed E-state index contributed by atoms with van der Waals surface area (Å²) in [4.78, 5) is 0. The summed E-state index contributed by atoms with van der Waals surface area (Å²) in [6, 6.07) is 0. The molecule has 3 nitrogen and oxygen atoms in total. The first kappa shape index (κ1) is 11.1. The molecular formula is C12H21NO2. The summed E-state index contributed by atoms with van der Waals surface area (Å²) in [5, 5.41) is 3.47. The molecule has 0 aromatic rings. The van der Waals surface area contributed by atoms with Crippen LogP contribution in [0.5, 0.6) is 0 Å². The summed E-state index contributed by atoms with van der Waals surface area (Å²) in [6.07, 6.45) is 5.72. The van der Waals surface area contributed by atoms with Gasteiger partial charge in [-0.05, 0) is 25.8 Å². The number of fused-ring (bicyclic) bond motifs is 1. The summed E-state index contributed by atoms with van der Waals surface area (Å²) in [5.41, 5.74) is 0.222. The average Bonchev–Trinajstić information content (AvgIpc) is 2.29. The molecule has 2 saturated heterocycles. The molecule has 2 atom stereocenters. The minimum Gasteiger partial charge on any atom is -0.377 e. The van der Waals surface area contributed by atoms with Crippen molar-refractivity contribution >= 4 is 0 Å². The van der Waals surface area contributed by atoms with Crippen molar-refractivity contribution in [2.45, 2.75) is 25.4 Å². The van der Waals surface area contributed by atoms with Crippen LogP contribution in [0.25, 0.3) is 0 Å². The highest BCUT2D eigenvalue weighted by atomic mass is 16.5. The van der Waals surface area contributed by atoms with Crippen molar-refractivity contribution in [2.24, 2.45) is 5.41 Å². The van der Waals surface area contributed by atoms with Crippen LogP contribution in [0, 0.1) is 5.41 Å². The number of nitrogens with one attached hydrogen (secondary N) is 1. The van der Waals surface area contributed by atoms with Gasteiger partial charge in [0.15, 0.2) is 0 Å². The lowest BCUT2D eigenvalue weighted by atomic mass is 9.73. The van der Waals surface area contributed by atoms with Gasteiger partial charge in [-0.1, -0.05) is 6.08 Å². The van der Waals surface area contributed by atoms with Crippen LogP contribution in [0.3, 0.4) is 0 Å². The molecule has 1 N–H and O–H groups in total. The van der Waals surface area contributed by atoms with Crippen LogP contribution in [-0.2, 0) is 9.47 Å². The normalized spacial score (nSPS) is 35.9. The molecule has 15 heavy (non-hydrogen) atoms. The van der Waals surface area contributed by atoms with Crippen molar-refractivity contribution in [3.05, 3.63) is 12.7 Å². The van der Waals surface area contributed by atoms with E-state index in [1.54, 1.807) is 0 Å². The van der Waals surface area contributed by atoms with E-state index in [1.807, 2.05) is 6.08 Å². The van der Waals surface area contributed by atoms with Gasteiger partial charge >= 0.3 is 0 Å². The molecule has 0 aromatic carbocycles. The molecule has 0 aliphatic carbocycles. The van der Waals surface area contributed by atoms with Gasteiger partial charge in [0.25, 0.3) is 0 Å². The molecule has 2 aliphatic rings. The molecule has 0 radical (unpaired) electrons. The zero-order valence-corrected chi connectivity index (χ0v) is 9.34. The Labute approximate surface area is 91.8 Å². The summed E-state index contributed by atoms with van der Waals surface area (Å²) in [7, 11) is 0. The van der Waals surface area contributed by atoms with Gasteiger partial charge in [-0.25, -0.2) is 0 Å². The first-order chi connectivity index (χ1) is 7.37. The van der Waals surface area contributed by atoms with E-state index >= 15 is 0 Å². The van der Waals surface area contributed by atoms with E-state index < -0.39 is 0 Å². The average molecular weight is 211 g/mol. The monoisotopic (exact) mass is 211 g/mol. The second-order valence-electron chi connectivity index (χ2n) is 4.59. The SMILES string of the molecule is C=CCOC[C@@]12CCCO[C@H]1CCNC2. The third kappa shape index (κ3) is 2.41. The van der Waals surface area contributed by atoms with Crippen molar-refractivity contribution in [3.8, 4) is 0 Å². The van der Waals surface area contributed by atoms with Gasteiger partial charge in [-0.15, -0.1) is 6.58 Å². The van der Waals surface area contributed by atoms with E-state index in [9.17, 15) is 0 Å². The third-order valence-electron chi connectivity index (χ3n) is 3.51. The minimum atomic E-state index is 0.222. The highest BCUT2D eigenvalue weighted by Crippen LogP contribution is 2.37. The van der Waals surface area contributed by atoms with Gasteiger partial charge in [0, 0.05) is 18.6 Å². The lowest BCUT2D eigenvalue weighted by Gasteiger charge is -2.46. The highest BCUT2D eigenvalue weighted by Gasteiger charge is 2.43. The lowest BCUT2D eigenvalue weighted by molar-refractivity contribution is -0.128. The van der Waals surface area contributed by atoms with Crippen molar-refractivity contribution in [2.75, 3.05) is 32.9 Å². The molecule has 2 heterocycles. The first-order valence-corrected chi connectivity index (χ1v) is 5.88. The van der Waals surface area contributed by atoms with Crippen LogP contribution in [0.15, 0.2) is 12.7 Å². The fourth-order valence-corrected chi connectivity index (χ4v) is 2.71. The second-order valence-corrected chi connectivity index (χ2v) is 4.59. The smallest absolute Gasteiger partial charge is 0.0677 e. The Balaban J connectivity index is 1.95. The molecule has 0 unspecified atom stereocenters. The van der Waals surface area contributed by atoms with E-state index in [-0.39, 0.29) is 5.41 Å². The molecule has 0 spiro atoms. The van der Waals surface area contributed by atoms with Gasteiger partial charge in [0.05, 0.1) is 19.3 Å². The molecule has 0 amide bonds. The maximum absolute atomic E-state index is 5.87. The molecule has 0 aromatic heterocycles. The zero-order chi connectivity index (χ0) is 10.6. The van der Waals surface area contributed by atoms with Crippen LogP contribution in [-0.4, -0.2) is 39.0 Å². The predicted molar refractivity (Wildman–Crippen MR) is 59.9 cm³/mol. The van der Waals surface area contributed by atoms with E-state index in [1.165, 1.54) is 6.42 Å². The Hall–Kier alpha value is -0.380. The predicted octanol–water partition coefficient (Wildman–Crippen LogP) is 1.35. The van der Waals surface area contributed by atoms with Gasteiger partial charge in [0.2, 0.25) is 0 Å². The fraction of sp³-hybridized carbons (Fsp3) is 0.833. The van der Waals surface area contributed by atoms with Crippen LogP contribution >= 0.6 is 0 Å². The van der Waals surface area contributed by atoms with E-state index in [2.05, 4.69) is 11.9 Å². The van der Waals surface area contributed by atoms with Crippen LogP contribution in [0.2, 0.25) is 0 Å². The molecule has 2 aliphatic heterocycles. The van der Waals surface area contributed by atoms with Crippen molar-refractivity contribution in [1.82, 2.24) is 5.32 Å². The topological polar surface area (TPSA) is 30.5 Å². The minimum absolute atomic E-state index is 0.222. The molecular weight excluding hydrogens is 190 g/mol. The Morgan fingerprint density at radius 2 is 2.53 bits per heavy atom. The van der Waals surface area contributed by atoms with Gasteiger partial charge in [0.1, 0.15) is 0 Å². The van der Waals surface area contributed by atoms with Gasteiger partial charge in [-0.3, -0.25) is 0 Å². The van der Waals surface area contributed by atoms with Gasteiger partial charge < -0.3 is 14.8 Å². The summed E-state index contributed by atoms with van der Waals surface area (Å²) >= 11 is 0.